The molecule has 0 aliphatic rings. The summed E-state index contributed by atoms with van der Waals surface area (Å²) >= 11 is 0. The lowest BCUT2D eigenvalue weighted by Crippen LogP contribution is -2.30. The predicted molar refractivity (Wildman–Crippen MR) is 353 cm³/mol. The normalized spacial score (nSPS) is 12.8. The number of hydrogen-bond donors (Lipinski definition) is 0. The maximum atomic E-state index is 12.9. The third-order valence-electron chi connectivity index (χ3n) is 14.7. The Morgan fingerprint density at radius 1 is 0.259 bits per heavy atom. The number of carbonyl (C=O) groups is 3. The average Bonchev–Trinajstić information content (AvgIpc) is 3.47. The van der Waals surface area contributed by atoms with Gasteiger partial charge in [0.25, 0.3) is 0 Å². The van der Waals surface area contributed by atoms with Crippen LogP contribution < -0.4 is 0 Å². The lowest BCUT2D eigenvalue weighted by atomic mass is 10.0. The lowest BCUT2D eigenvalue weighted by molar-refractivity contribution is -0.167. The van der Waals surface area contributed by atoms with E-state index in [1.807, 2.05) is 0 Å². The summed E-state index contributed by atoms with van der Waals surface area (Å²) in [6.07, 6.45) is 94.1. The van der Waals surface area contributed by atoms with Crippen molar-refractivity contribution in [2.24, 2.45) is 0 Å². The molecule has 1 atom stereocenters. The van der Waals surface area contributed by atoms with E-state index in [9.17, 15) is 14.4 Å². The van der Waals surface area contributed by atoms with Crippen molar-refractivity contribution in [3.8, 4) is 0 Å². The highest BCUT2D eigenvalue weighted by atomic mass is 16.6. The summed E-state index contributed by atoms with van der Waals surface area (Å²) in [6, 6.07) is 0. The second-order valence-corrected chi connectivity index (χ2v) is 22.7. The molecule has 0 aromatic rings. The molecule has 0 N–H and O–H groups in total. The molecule has 1 unspecified atom stereocenters. The third kappa shape index (κ3) is 66.8. The molecule has 464 valence electrons. The van der Waals surface area contributed by atoms with Gasteiger partial charge in [0.15, 0.2) is 6.10 Å². The largest absolute Gasteiger partial charge is 0.462 e. The van der Waals surface area contributed by atoms with Crippen LogP contribution in [0.3, 0.4) is 0 Å². The molecule has 0 spiro atoms. The smallest absolute Gasteiger partial charge is 0.306 e. The molecule has 0 heterocycles. The highest BCUT2D eigenvalue weighted by Gasteiger charge is 2.19. The summed E-state index contributed by atoms with van der Waals surface area (Å²) < 4.78 is 16.9. The first kappa shape index (κ1) is 77.1. The number of rotatable bonds is 62. The molecule has 81 heavy (non-hydrogen) atoms. The van der Waals surface area contributed by atoms with Gasteiger partial charge in [0.05, 0.1) is 0 Å². The molecule has 0 aromatic carbocycles. The minimum absolute atomic E-state index is 0.0965. The van der Waals surface area contributed by atoms with Crippen molar-refractivity contribution in [3.05, 3.63) is 109 Å². The van der Waals surface area contributed by atoms with E-state index in [0.717, 1.165) is 135 Å². The molecule has 0 rings (SSSR count). The molecule has 0 saturated carbocycles. The number of allylic oxidation sites excluding steroid dienone is 18. The lowest BCUT2D eigenvalue weighted by Gasteiger charge is -2.18. The van der Waals surface area contributed by atoms with E-state index >= 15 is 0 Å². The minimum Gasteiger partial charge on any atom is -0.462 e. The van der Waals surface area contributed by atoms with Crippen LogP contribution in [0.5, 0.6) is 0 Å². The van der Waals surface area contributed by atoms with Gasteiger partial charge in [-0.1, -0.05) is 297 Å². The Bertz CT molecular complexity index is 1620. The zero-order valence-corrected chi connectivity index (χ0v) is 53.3. The van der Waals surface area contributed by atoms with E-state index in [2.05, 4.69) is 130 Å². The number of esters is 3. The Hall–Kier alpha value is -3.93. The van der Waals surface area contributed by atoms with E-state index in [0.29, 0.717) is 12.8 Å². The zero-order valence-electron chi connectivity index (χ0n) is 53.3. The molecular weight excluding hydrogens is 997 g/mol. The van der Waals surface area contributed by atoms with Gasteiger partial charge in [0.1, 0.15) is 13.2 Å². The number of unbranched alkanes of at least 4 members (excludes halogenated alkanes) is 33. The van der Waals surface area contributed by atoms with E-state index < -0.39 is 6.10 Å². The van der Waals surface area contributed by atoms with E-state index in [4.69, 9.17) is 14.2 Å². The molecule has 0 aliphatic heterocycles. The van der Waals surface area contributed by atoms with Gasteiger partial charge in [-0.05, 0) is 122 Å². The van der Waals surface area contributed by atoms with E-state index in [1.54, 1.807) is 0 Å². The van der Waals surface area contributed by atoms with Crippen molar-refractivity contribution in [2.75, 3.05) is 13.2 Å². The average molecular weight is 1130 g/mol. The second-order valence-electron chi connectivity index (χ2n) is 22.7. The maximum Gasteiger partial charge on any atom is 0.306 e. The monoisotopic (exact) mass is 1120 g/mol. The fourth-order valence-electron chi connectivity index (χ4n) is 9.66. The van der Waals surface area contributed by atoms with Crippen molar-refractivity contribution in [1.82, 2.24) is 0 Å². The van der Waals surface area contributed by atoms with E-state index in [-0.39, 0.29) is 37.5 Å². The quantitative estimate of drug-likeness (QED) is 0.0261. The van der Waals surface area contributed by atoms with Crippen LogP contribution in [0, 0.1) is 0 Å². The van der Waals surface area contributed by atoms with Gasteiger partial charge in [0, 0.05) is 19.3 Å². The van der Waals surface area contributed by atoms with Gasteiger partial charge >= 0.3 is 17.9 Å². The highest BCUT2D eigenvalue weighted by Crippen LogP contribution is 2.17. The van der Waals surface area contributed by atoms with Crippen LogP contribution in [-0.4, -0.2) is 37.2 Å². The van der Waals surface area contributed by atoms with Crippen LogP contribution in [-0.2, 0) is 28.6 Å². The van der Waals surface area contributed by atoms with Crippen LogP contribution in [0.1, 0.15) is 329 Å². The van der Waals surface area contributed by atoms with Crippen molar-refractivity contribution >= 4 is 17.9 Å². The van der Waals surface area contributed by atoms with Gasteiger partial charge in [0.2, 0.25) is 0 Å². The van der Waals surface area contributed by atoms with Crippen molar-refractivity contribution < 1.29 is 28.6 Å². The SMILES string of the molecule is CC/C=C\C/C=C\C/C=C\C/C=C\C/C=C\CCCCCC(=O)OC(COC(=O)CCCCCCC/C=C\C/C=C\C/C=C\CC)COC(=O)CCCCCCCCCCCCCCCCCCC/C=C\CCCCCCCCCC. The van der Waals surface area contributed by atoms with Crippen LogP contribution in [0.4, 0.5) is 0 Å². The molecule has 6 heteroatoms. The van der Waals surface area contributed by atoms with Gasteiger partial charge in [-0.25, -0.2) is 0 Å². The first-order chi connectivity index (χ1) is 40.0. The van der Waals surface area contributed by atoms with E-state index in [1.165, 1.54) is 154 Å². The van der Waals surface area contributed by atoms with Crippen LogP contribution in [0.25, 0.3) is 0 Å². The first-order valence-electron chi connectivity index (χ1n) is 34.4. The van der Waals surface area contributed by atoms with Gasteiger partial charge in [-0.3, -0.25) is 14.4 Å². The number of hydrogen-bond acceptors (Lipinski definition) is 6. The summed E-state index contributed by atoms with van der Waals surface area (Å²) in [5.74, 6) is -0.937. The molecule has 0 amide bonds. The minimum atomic E-state index is -0.806. The molecule has 6 nitrogen and oxygen atoms in total. The predicted octanol–water partition coefficient (Wildman–Crippen LogP) is 23.8. The first-order valence-corrected chi connectivity index (χ1v) is 34.4. The Labute approximate surface area is 501 Å². The molecule has 0 radical (unpaired) electrons. The Balaban J connectivity index is 4.31. The molecule has 0 fully saturated rings. The Morgan fingerprint density at radius 3 is 0.778 bits per heavy atom. The summed E-state index contributed by atoms with van der Waals surface area (Å²) in [5, 5.41) is 0. The molecular formula is C75H128O6. The second kappa shape index (κ2) is 68.6. The van der Waals surface area contributed by atoms with Gasteiger partial charge in [-0.15, -0.1) is 0 Å². The van der Waals surface area contributed by atoms with Crippen LogP contribution >= 0.6 is 0 Å². The highest BCUT2D eigenvalue weighted by molar-refractivity contribution is 5.71. The standard InChI is InChI=1S/C75H128O6/c1-4-7-10-13-16-19-22-25-28-30-32-33-34-35-36-37-38-39-40-41-43-44-47-50-53-56-59-62-65-68-74(77)80-71-72(70-79-73(76)67-64-61-58-55-52-49-46-27-24-21-18-15-12-9-6-3)81-75(78)69-66-63-60-57-54-51-48-45-42-31-29-26-23-20-17-14-11-8-5-2/h8-9,11-12,17-18,20-21,26-27,29-30,32,42,45-46,51,54,72H,4-7,10,13-16,19,22-25,28,31,33-41,43-44,47-50,52-53,55-71H2,1-3H3/b11-8-,12-9-,20-17-,21-18-,29-26-,32-30-,45-42-,46-27-,54-51-. The van der Waals surface area contributed by atoms with Gasteiger partial charge in [-0.2, -0.15) is 0 Å². The number of carbonyl (C=O) groups excluding carboxylic acids is 3. The topological polar surface area (TPSA) is 78.9 Å². The molecule has 0 bridgehead atoms. The maximum absolute atomic E-state index is 12.9. The van der Waals surface area contributed by atoms with Crippen molar-refractivity contribution in [2.45, 2.75) is 335 Å². The van der Waals surface area contributed by atoms with Crippen LogP contribution in [0.15, 0.2) is 109 Å². The zero-order chi connectivity index (χ0) is 58.5. The van der Waals surface area contributed by atoms with Crippen LogP contribution in [0.2, 0.25) is 0 Å². The summed E-state index contributed by atoms with van der Waals surface area (Å²) in [6.45, 7) is 6.40. The molecule has 0 aliphatic carbocycles. The number of ether oxygens (including phenoxy) is 3. The van der Waals surface area contributed by atoms with Crippen molar-refractivity contribution in [1.29, 1.82) is 0 Å². The summed E-state index contributed by atoms with van der Waals surface area (Å²) in [7, 11) is 0. The molecule has 0 saturated heterocycles. The fraction of sp³-hybridized carbons (Fsp3) is 0.720. The fourth-order valence-corrected chi connectivity index (χ4v) is 9.66. The Kier molecular flexibility index (Phi) is 65.2. The summed E-state index contributed by atoms with van der Waals surface area (Å²) in [5.41, 5.74) is 0. The van der Waals surface area contributed by atoms with Gasteiger partial charge < -0.3 is 14.2 Å². The summed E-state index contributed by atoms with van der Waals surface area (Å²) in [4.78, 5) is 38.4. The Morgan fingerprint density at radius 2 is 0.481 bits per heavy atom. The van der Waals surface area contributed by atoms with Crippen molar-refractivity contribution in [3.63, 3.8) is 0 Å². The molecule has 0 aromatic heterocycles. The third-order valence-corrected chi connectivity index (χ3v) is 14.7.